The van der Waals surface area contributed by atoms with Crippen LogP contribution in [0.2, 0.25) is 5.02 Å². The summed E-state index contributed by atoms with van der Waals surface area (Å²) in [6.07, 6.45) is 6.81. The van der Waals surface area contributed by atoms with Gasteiger partial charge in [-0.1, -0.05) is 23.7 Å². The molecule has 2 atom stereocenters. The van der Waals surface area contributed by atoms with Crippen molar-refractivity contribution >= 4 is 23.3 Å². The lowest BCUT2D eigenvalue weighted by molar-refractivity contribution is 0.119. The largest absolute Gasteiger partial charge is 0.497 e. The van der Waals surface area contributed by atoms with Crippen LogP contribution in [0.4, 0.5) is 10.5 Å². The fourth-order valence-electron chi connectivity index (χ4n) is 5.20. The number of carbonyl (C=O) groups is 1. The van der Waals surface area contributed by atoms with Gasteiger partial charge in [0.25, 0.3) is 0 Å². The van der Waals surface area contributed by atoms with Gasteiger partial charge in [-0.25, -0.2) is 4.79 Å². The summed E-state index contributed by atoms with van der Waals surface area (Å²) in [6, 6.07) is 14.0. The normalized spacial score (nSPS) is 21.5. The molecule has 1 aliphatic heterocycles. The Morgan fingerprint density at radius 1 is 1.00 bits per heavy atom. The number of rotatable bonds is 7. The van der Waals surface area contributed by atoms with E-state index in [0.29, 0.717) is 29.1 Å². The van der Waals surface area contributed by atoms with Crippen molar-refractivity contribution in [1.29, 1.82) is 0 Å². The third kappa shape index (κ3) is 6.33. The van der Waals surface area contributed by atoms with Gasteiger partial charge in [-0.15, -0.1) is 0 Å². The van der Waals surface area contributed by atoms with E-state index >= 15 is 0 Å². The van der Waals surface area contributed by atoms with Crippen molar-refractivity contribution in [3.8, 4) is 11.5 Å². The number of nitrogens with zero attached hydrogens (tertiary/aromatic N) is 1. The Hall–Kier alpha value is -2.44. The molecule has 2 aromatic carbocycles. The molecule has 33 heavy (non-hydrogen) atoms. The molecule has 0 bridgehead atoms. The molecular formula is C26H34ClN3O3. The summed E-state index contributed by atoms with van der Waals surface area (Å²) in [7, 11) is 3.20. The number of halogens is 1. The maximum absolute atomic E-state index is 12.7. The number of likely N-dealkylation sites (tertiary alicyclic amines) is 1. The highest BCUT2D eigenvalue weighted by Crippen LogP contribution is 2.30. The van der Waals surface area contributed by atoms with Gasteiger partial charge in [0, 0.05) is 41.0 Å². The molecule has 2 aromatic rings. The van der Waals surface area contributed by atoms with Crippen LogP contribution in [0.1, 0.15) is 37.7 Å². The summed E-state index contributed by atoms with van der Waals surface area (Å²) in [6.45, 7) is 2.19. The highest BCUT2D eigenvalue weighted by Gasteiger charge is 2.35. The van der Waals surface area contributed by atoms with Crippen LogP contribution in [0.5, 0.6) is 11.5 Å². The molecular weight excluding hydrogens is 438 g/mol. The Balaban J connectivity index is 1.28. The molecule has 0 aromatic heterocycles. The summed E-state index contributed by atoms with van der Waals surface area (Å²) in [4.78, 5) is 15.3. The standard InChI is InChI=1S/C26H34ClN3O3/c1-32-22-15-21(16-23(17-22)33-2)28-26(31)29-24-4-3-5-25(24)30-12-10-19(11-13-30)14-18-6-8-20(27)9-7-18/h6-9,15-17,19,24-25H,3-5,10-14H2,1-2H3,(H2,28,29,31)/t24-,25-/m1/s1. The first-order chi connectivity index (χ1) is 16.0. The topological polar surface area (TPSA) is 62.8 Å². The first-order valence-electron chi connectivity index (χ1n) is 11.8. The monoisotopic (exact) mass is 471 g/mol. The molecule has 0 radical (unpaired) electrons. The zero-order valence-electron chi connectivity index (χ0n) is 19.5. The number of amides is 2. The van der Waals surface area contributed by atoms with E-state index in [1.165, 1.54) is 18.4 Å². The van der Waals surface area contributed by atoms with E-state index in [2.05, 4.69) is 27.7 Å². The average Bonchev–Trinajstić information content (AvgIpc) is 3.28. The van der Waals surface area contributed by atoms with Gasteiger partial charge in [-0.05, 0) is 75.2 Å². The number of ether oxygens (including phenoxy) is 2. The number of carbonyl (C=O) groups excluding carboxylic acids is 1. The second kappa shape index (κ2) is 11.1. The highest BCUT2D eigenvalue weighted by molar-refractivity contribution is 6.30. The van der Waals surface area contributed by atoms with Gasteiger partial charge < -0.3 is 20.1 Å². The summed E-state index contributed by atoms with van der Waals surface area (Å²) < 4.78 is 10.6. The van der Waals surface area contributed by atoms with Gasteiger partial charge in [-0.3, -0.25) is 4.90 Å². The fourth-order valence-corrected chi connectivity index (χ4v) is 5.33. The predicted molar refractivity (Wildman–Crippen MR) is 133 cm³/mol. The number of hydrogen-bond acceptors (Lipinski definition) is 4. The van der Waals surface area contributed by atoms with Crippen LogP contribution in [-0.2, 0) is 6.42 Å². The average molecular weight is 472 g/mol. The minimum atomic E-state index is -0.181. The van der Waals surface area contributed by atoms with E-state index in [-0.39, 0.29) is 12.1 Å². The number of piperidine rings is 1. The molecule has 1 aliphatic carbocycles. The zero-order chi connectivity index (χ0) is 23.2. The van der Waals surface area contributed by atoms with Crippen molar-refractivity contribution in [2.75, 3.05) is 32.6 Å². The molecule has 1 saturated heterocycles. The second-order valence-electron chi connectivity index (χ2n) is 9.11. The van der Waals surface area contributed by atoms with Crippen LogP contribution >= 0.6 is 11.6 Å². The van der Waals surface area contributed by atoms with E-state index in [9.17, 15) is 4.79 Å². The quantitative estimate of drug-likeness (QED) is 0.571. The lowest BCUT2D eigenvalue weighted by Crippen LogP contribution is -2.52. The van der Waals surface area contributed by atoms with E-state index in [1.807, 2.05) is 12.1 Å². The number of anilines is 1. The Bertz CT molecular complexity index is 907. The second-order valence-corrected chi connectivity index (χ2v) is 9.55. The first-order valence-corrected chi connectivity index (χ1v) is 12.2. The molecule has 2 fully saturated rings. The first kappa shape index (κ1) is 23.7. The Labute approximate surface area is 201 Å². The molecule has 2 amide bonds. The molecule has 0 spiro atoms. The Kier molecular flexibility index (Phi) is 7.99. The van der Waals surface area contributed by atoms with Crippen molar-refractivity contribution in [3.63, 3.8) is 0 Å². The Morgan fingerprint density at radius 2 is 1.67 bits per heavy atom. The van der Waals surface area contributed by atoms with Gasteiger partial charge in [0.05, 0.1) is 14.2 Å². The smallest absolute Gasteiger partial charge is 0.319 e. The molecule has 6 nitrogen and oxygen atoms in total. The van der Waals surface area contributed by atoms with Crippen molar-refractivity contribution < 1.29 is 14.3 Å². The molecule has 0 unspecified atom stereocenters. The van der Waals surface area contributed by atoms with E-state index in [4.69, 9.17) is 21.1 Å². The van der Waals surface area contributed by atoms with Crippen molar-refractivity contribution in [3.05, 3.63) is 53.1 Å². The van der Waals surface area contributed by atoms with E-state index in [0.717, 1.165) is 43.8 Å². The number of nitrogens with one attached hydrogen (secondary N) is 2. The summed E-state index contributed by atoms with van der Waals surface area (Å²) in [5, 5.41) is 6.96. The molecule has 178 valence electrons. The van der Waals surface area contributed by atoms with Gasteiger partial charge >= 0.3 is 6.03 Å². The Morgan fingerprint density at radius 3 is 2.30 bits per heavy atom. The van der Waals surface area contributed by atoms with Crippen molar-refractivity contribution in [2.24, 2.45) is 5.92 Å². The number of urea groups is 1. The maximum atomic E-state index is 12.7. The van der Waals surface area contributed by atoms with Gasteiger partial charge in [0.15, 0.2) is 0 Å². The lowest BCUT2D eigenvalue weighted by atomic mass is 9.89. The third-order valence-electron chi connectivity index (χ3n) is 6.96. The van der Waals surface area contributed by atoms with Gasteiger partial charge in [0.1, 0.15) is 11.5 Å². The maximum Gasteiger partial charge on any atom is 0.319 e. The zero-order valence-corrected chi connectivity index (χ0v) is 20.2. The molecule has 4 rings (SSSR count). The van der Waals surface area contributed by atoms with E-state index < -0.39 is 0 Å². The van der Waals surface area contributed by atoms with Crippen LogP contribution < -0.4 is 20.1 Å². The summed E-state index contributed by atoms with van der Waals surface area (Å²) >= 11 is 6.02. The molecule has 1 saturated carbocycles. The SMILES string of the molecule is COc1cc(NC(=O)N[C@@H]2CCC[C@H]2N2CCC(Cc3ccc(Cl)cc3)CC2)cc(OC)c1. The fraction of sp³-hybridized carbons (Fsp3) is 0.500. The van der Waals surface area contributed by atoms with Crippen LogP contribution in [-0.4, -0.2) is 50.3 Å². The molecule has 2 aliphatic rings. The van der Waals surface area contributed by atoms with Crippen molar-refractivity contribution in [2.45, 2.75) is 50.6 Å². The van der Waals surface area contributed by atoms with Gasteiger partial charge in [0.2, 0.25) is 0 Å². The predicted octanol–water partition coefficient (Wildman–Crippen LogP) is 5.35. The summed E-state index contributed by atoms with van der Waals surface area (Å²) in [5.41, 5.74) is 2.02. The minimum Gasteiger partial charge on any atom is -0.497 e. The van der Waals surface area contributed by atoms with Crippen LogP contribution in [0.3, 0.4) is 0 Å². The molecule has 7 heteroatoms. The van der Waals surface area contributed by atoms with Crippen LogP contribution in [0.25, 0.3) is 0 Å². The molecule has 2 N–H and O–H groups in total. The number of benzene rings is 2. The van der Waals surface area contributed by atoms with Crippen LogP contribution in [0.15, 0.2) is 42.5 Å². The van der Waals surface area contributed by atoms with E-state index in [1.54, 1.807) is 32.4 Å². The number of methoxy groups -OCH3 is 2. The minimum absolute atomic E-state index is 0.172. The van der Waals surface area contributed by atoms with Crippen molar-refractivity contribution in [1.82, 2.24) is 10.2 Å². The third-order valence-corrected chi connectivity index (χ3v) is 7.21. The molecule has 1 heterocycles. The summed E-state index contributed by atoms with van der Waals surface area (Å²) in [5.74, 6) is 2.00. The van der Waals surface area contributed by atoms with Gasteiger partial charge in [-0.2, -0.15) is 0 Å². The lowest BCUT2D eigenvalue weighted by Gasteiger charge is -2.38. The number of hydrogen-bond donors (Lipinski definition) is 2. The van der Waals surface area contributed by atoms with Crippen LogP contribution in [0, 0.1) is 5.92 Å². The highest BCUT2D eigenvalue weighted by atomic mass is 35.5.